The van der Waals surface area contributed by atoms with Crippen molar-refractivity contribution in [2.75, 3.05) is 36.0 Å². The highest BCUT2D eigenvalue weighted by atomic mass is 16.3. The summed E-state index contributed by atoms with van der Waals surface area (Å²) >= 11 is 0. The SMILES string of the molecule is Cc1cc(-c2ccc3ncc(N4CCN(c5ncccn5)CC4)nc3c2)cc(C)c1O. The molecule has 7 heteroatoms. The summed E-state index contributed by atoms with van der Waals surface area (Å²) in [6, 6.07) is 12.0. The summed E-state index contributed by atoms with van der Waals surface area (Å²) in [6.45, 7) is 7.21. The van der Waals surface area contributed by atoms with Crippen molar-refractivity contribution in [1.29, 1.82) is 0 Å². The van der Waals surface area contributed by atoms with Crippen LogP contribution in [0.2, 0.25) is 0 Å². The van der Waals surface area contributed by atoms with Crippen molar-refractivity contribution in [3.05, 3.63) is 66.1 Å². The maximum Gasteiger partial charge on any atom is 0.225 e. The summed E-state index contributed by atoms with van der Waals surface area (Å²) < 4.78 is 0. The van der Waals surface area contributed by atoms with Crippen LogP contribution < -0.4 is 9.80 Å². The summed E-state index contributed by atoms with van der Waals surface area (Å²) in [5.74, 6) is 2.01. The summed E-state index contributed by atoms with van der Waals surface area (Å²) in [4.78, 5) is 22.7. The van der Waals surface area contributed by atoms with Gasteiger partial charge in [-0.05, 0) is 66.4 Å². The van der Waals surface area contributed by atoms with Gasteiger partial charge in [-0.3, -0.25) is 4.98 Å². The van der Waals surface area contributed by atoms with E-state index in [4.69, 9.17) is 4.98 Å². The van der Waals surface area contributed by atoms with Crippen molar-refractivity contribution in [3.8, 4) is 16.9 Å². The third kappa shape index (κ3) is 3.74. The Hall–Kier alpha value is -3.74. The van der Waals surface area contributed by atoms with Crippen LogP contribution in [0.25, 0.3) is 22.2 Å². The van der Waals surface area contributed by atoms with Crippen LogP contribution in [0.4, 0.5) is 11.8 Å². The number of aromatic nitrogens is 4. The van der Waals surface area contributed by atoms with Crippen LogP contribution in [-0.4, -0.2) is 51.2 Å². The molecule has 0 unspecified atom stereocenters. The fraction of sp³-hybridized carbons (Fsp3) is 0.250. The van der Waals surface area contributed by atoms with Crippen molar-refractivity contribution >= 4 is 22.8 Å². The van der Waals surface area contributed by atoms with Crippen molar-refractivity contribution in [2.24, 2.45) is 0 Å². The van der Waals surface area contributed by atoms with Crippen LogP contribution in [0.3, 0.4) is 0 Å². The van der Waals surface area contributed by atoms with Gasteiger partial charge in [0.05, 0.1) is 17.2 Å². The molecule has 7 nitrogen and oxygen atoms in total. The molecule has 1 saturated heterocycles. The molecular formula is C24H24N6O. The first-order valence-electron chi connectivity index (χ1n) is 10.4. The number of rotatable bonds is 3. The van der Waals surface area contributed by atoms with E-state index in [0.29, 0.717) is 5.75 Å². The lowest BCUT2D eigenvalue weighted by molar-refractivity contribution is 0.467. The molecule has 1 N–H and O–H groups in total. The number of benzene rings is 2. The van der Waals surface area contributed by atoms with Crippen LogP contribution in [0.15, 0.2) is 55.0 Å². The predicted octanol–water partition coefficient (Wildman–Crippen LogP) is 3.74. The smallest absolute Gasteiger partial charge is 0.225 e. The Bertz CT molecular complexity index is 1210. The molecule has 156 valence electrons. The number of fused-ring (bicyclic) bond motifs is 1. The molecule has 5 rings (SSSR count). The number of hydrogen-bond donors (Lipinski definition) is 1. The monoisotopic (exact) mass is 412 g/mol. The molecule has 0 amide bonds. The molecular weight excluding hydrogens is 388 g/mol. The molecule has 0 spiro atoms. The van der Waals surface area contributed by atoms with Gasteiger partial charge in [0, 0.05) is 38.6 Å². The van der Waals surface area contributed by atoms with Crippen molar-refractivity contribution in [3.63, 3.8) is 0 Å². The molecule has 1 fully saturated rings. The molecule has 0 radical (unpaired) electrons. The van der Waals surface area contributed by atoms with E-state index in [1.807, 2.05) is 44.3 Å². The van der Waals surface area contributed by atoms with E-state index < -0.39 is 0 Å². The maximum atomic E-state index is 10.1. The molecule has 2 aromatic heterocycles. The number of phenolic OH excluding ortho intramolecular Hbond substituents is 1. The van der Waals surface area contributed by atoms with E-state index in [-0.39, 0.29) is 0 Å². The number of nitrogens with zero attached hydrogens (tertiary/aromatic N) is 6. The first-order chi connectivity index (χ1) is 15.1. The van der Waals surface area contributed by atoms with Gasteiger partial charge in [0.1, 0.15) is 11.6 Å². The molecule has 0 aliphatic carbocycles. The maximum absolute atomic E-state index is 10.1. The number of aromatic hydroxyl groups is 1. The molecule has 2 aromatic carbocycles. The van der Waals surface area contributed by atoms with E-state index in [2.05, 4.69) is 36.9 Å². The van der Waals surface area contributed by atoms with E-state index in [0.717, 1.165) is 71.2 Å². The summed E-state index contributed by atoms with van der Waals surface area (Å²) in [6.07, 6.45) is 5.40. The molecule has 0 bridgehead atoms. The summed E-state index contributed by atoms with van der Waals surface area (Å²) in [5, 5.41) is 10.1. The minimum Gasteiger partial charge on any atom is -0.507 e. The molecule has 31 heavy (non-hydrogen) atoms. The fourth-order valence-electron chi connectivity index (χ4n) is 4.05. The van der Waals surface area contributed by atoms with Crippen molar-refractivity contribution in [2.45, 2.75) is 13.8 Å². The standard InChI is InChI=1S/C24H24N6O/c1-16-12-19(13-17(2)23(16)31)18-4-5-20-21(14-18)28-22(15-27-20)29-8-10-30(11-9-29)24-25-6-3-7-26-24/h3-7,12-15,31H,8-11H2,1-2H3. The minimum atomic E-state index is 0.353. The van der Waals surface area contributed by atoms with Gasteiger partial charge in [-0.2, -0.15) is 0 Å². The van der Waals surface area contributed by atoms with E-state index in [1.54, 1.807) is 12.4 Å². The molecule has 0 saturated carbocycles. The Kier molecular flexibility index (Phi) is 4.86. The summed E-state index contributed by atoms with van der Waals surface area (Å²) in [7, 11) is 0. The second-order valence-electron chi connectivity index (χ2n) is 7.91. The number of phenols is 1. The van der Waals surface area contributed by atoms with Crippen LogP contribution in [0.1, 0.15) is 11.1 Å². The number of piperazine rings is 1. The lowest BCUT2D eigenvalue weighted by Crippen LogP contribution is -2.47. The number of hydrogen-bond acceptors (Lipinski definition) is 7. The third-order valence-electron chi connectivity index (χ3n) is 5.79. The lowest BCUT2D eigenvalue weighted by Gasteiger charge is -2.35. The van der Waals surface area contributed by atoms with Crippen LogP contribution in [0, 0.1) is 13.8 Å². The lowest BCUT2D eigenvalue weighted by atomic mass is 9.99. The van der Waals surface area contributed by atoms with Gasteiger partial charge in [0.25, 0.3) is 0 Å². The first kappa shape index (κ1) is 19.2. The van der Waals surface area contributed by atoms with E-state index in [9.17, 15) is 5.11 Å². The van der Waals surface area contributed by atoms with Crippen molar-refractivity contribution in [1.82, 2.24) is 19.9 Å². The van der Waals surface area contributed by atoms with Crippen LogP contribution >= 0.6 is 0 Å². The zero-order chi connectivity index (χ0) is 21.4. The Labute approximate surface area is 181 Å². The van der Waals surface area contributed by atoms with Gasteiger partial charge in [-0.25, -0.2) is 15.0 Å². The Morgan fingerprint density at radius 1 is 0.774 bits per heavy atom. The van der Waals surface area contributed by atoms with Gasteiger partial charge in [0.15, 0.2) is 0 Å². The second kappa shape index (κ2) is 7.83. The number of aryl methyl sites for hydroxylation is 2. The fourth-order valence-corrected chi connectivity index (χ4v) is 4.05. The Morgan fingerprint density at radius 2 is 1.45 bits per heavy atom. The molecule has 4 aromatic rings. The average molecular weight is 412 g/mol. The number of anilines is 2. The highest BCUT2D eigenvalue weighted by molar-refractivity contribution is 5.82. The van der Waals surface area contributed by atoms with Gasteiger partial charge in [-0.1, -0.05) is 6.07 Å². The highest BCUT2D eigenvalue weighted by Crippen LogP contribution is 2.30. The van der Waals surface area contributed by atoms with Crippen LogP contribution in [-0.2, 0) is 0 Å². The van der Waals surface area contributed by atoms with Gasteiger partial charge >= 0.3 is 0 Å². The molecule has 3 heterocycles. The van der Waals surface area contributed by atoms with E-state index >= 15 is 0 Å². The second-order valence-corrected chi connectivity index (χ2v) is 7.91. The Balaban J connectivity index is 1.40. The minimum absolute atomic E-state index is 0.353. The van der Waals surface area contributed by atoms with E-state index in [1.165, 1.54) is 0 Å². The zero-order valence-electron chi connectivity index (χ0n) is 17.7. The van der Waals surface area contributed by atoms with Gasteiger partial charge < -0.3 is 14.9 Å². The quantitative estimate of drug-likeness (QED) is 0.549. The van der Waals surface area contributed by atoms with Crippen LogP contribution in [0.5, 0.6) is 5.75 Å². The normalized spacial score (nSPS) is 14.3. The summed E-state index contributed by atoms with van der Waals surface area (Å²) in [5.41, 5.74) is 5.61. The largest absolute Gasteiger partial charge is 0.507 e. The topological polar surface area (TPSA) is 78.3 Å². The third-order valence-corrected chi connectivity index (χ3v) is 5.79. The van der Waals surface area contributed by atoms with Crippen molar-refractivity contribution < 1.29 is 5.11 Å². The molecule has 1 aliphatic heterocycles. The molecule has 0 atom stereocenters. The van der Waals surface area contributed by atoms with Gasteiger partial charge in [-0.15, -0.1) is 0 Å². The first-order valence-corrected chi connectivity index (χ1v) is 10.4. The zero-order valence-corrected chi connectivity index (χ0v) is 17.7. The predicted molar refractivity (Wildman–Crippen MR) is 123 cm³/mol. The molecule has 1 aliphatic rings. The average Bonchev–Trinajstić information content (AvgIpc) is 2.82. The highest BCUT2D eigenvalue weighted by Gasteiger charge is 2.20. The Morgan fingerprint density at radius 3 is 2.16 bits per heavy atom. The van der Waals surface area contributed by atoms with Gasteiger partial charge in [0.2, 0.25) is 5.95 Å².